The van der Waals surface area contributed by atoms with E-state index >= 15 is 0 Å². The van der Waals surface area contributed by atoms with Crippen molar-refractivity contribution in [1.82, 2.24) is 0 Å². The van der Waals surface area contributed by atoms with E-state index in [-0.39, 0.29) is 0 Å². The molecular weight excluding hydrogens is 944 g/mol. The van der Waals surface area contributed by atoms with Gasteiger partial charge in [-0.1, -0.05) is 0 Å². The first-order chi connectivity index (χ1) is 34.0. The number of fused-ring (bicyclic) bond motifs is 4. The van der Waals surface area contributed by atoms with Crippen LogP contribution in [0.4, 0.5) is 68.2 Å². The zero-order valence-electron chi connectivity index (χ0n) is 38.9. The van der Waals surface area contributed by atoms with Gasteiger partial charge in [0.25, 0.3) is 0 Å². The van der Waals surface area contributed by atoms with E-state index in [1.165, 1.54) is 43.7 Å². The van der Waals surface area contributed by atoms with Gasteiger partial charge in [-0.25, -0.2) is 0 Å². The van der Waals surface area contributed by atoms with Crippen molar-refractivity contribution in [3.63, 3.8) is 0 Å². The van der Waals surface area contributed by atoms with Crippen molar-refractivity contribution in [3.05, 3.63) is 259 Å². The Morgan fingerprint density at radius 1 is 0.333 bits per heavy atom. The summed E-state index contributed by atoms with van der Waals surface area (Å²) in [6, 6.07) is 87.9. The Morgan fingerprint density at radius 3 is 1.13 bits per heavy atom. The molecule has 0 amide bonds. The van der Waals surface area contributed by atoms with Crippen molar-refractivity contribution in [3.8, 4) is 11.5 Å². The van der Waals surface area contributed by atoms with Crippen molar-refractivity contribution in [2.75, 3.05) is 19.6 Å². The summed E-state index contributed by atoms with van der Waals surface area (Å²) in [5, 5.41) is 0. The van der Waals surface area contributed by atoms with Crippen LogP contribution in [0.25, 0.3) is 0 Å². The molecule has 0 radical (unpaired) electrons. The van der Waals surface area contributed by atoms with Gasteiger partial charge in [-0.15, -0.1) is 0 Å². The van der Waals surface area contributed by atoms with E-state index in [9.17, 15) is 0 Å². The van der Waals surface area contributed by atoms with Gasteiger partial charge in [0.05, 0.1) is 0 Å². The van der Waals surface area contributed by atoms with Crippen molar-refractivity contribution >= 4 is 99.6 Å². The monoisotopic (exact) mass is 992 g/mol. The first kappa shape index (κ1) is 42.4. The molecule has 12 rings (SSSR count). The van der Waals surface area contributed by atoms with E-state index in [0.29, 0.717) is 0 Å². The third-order valence-electron chi connectivity index (χ3n) is 13.4. The standard InChI is InChI=1S/C63H49N4O.In/c1-47-40-48(2)63(49(3)41-47)67(57-37-22-36-56(42-57)64(50-24-10-4-11-25-50)51-26-12-5-13-27-51)60-43-59(66(54-32-18-8-19-33-54)55-34-20-9-21-35-55)45-62(46-60)68-61-39-23-38-58(44-61)65(52-28-14-6-15-29-52)53-30-16-7-17-31-53;/h4-36,38,40-45H,1-3H3;. The molecule has 0 aliphatic carbocycles. The van der Waals surface area contributed by atoms with Crippen molar-refractivity contribution in [2.45, 2.75) is 20.8 Å². The van der Waals surface area contributed by atoms with E-state index in [4.69, 9.17) is 4.74 Å². The van der Waals surface area contributed by atoms with Crippen LogP contribution in [0, 0.1) is 20.8 Å². The Balaban J connectivity index is 1.15. The summed E-state index contributed by atoms with van der Waals surface area (Å²) in [5.41, 5.74) is 17.0. The van der Waals surface area contributed by atoms with Gasteiger partial charge in [-0.2, -0.15) is 0 Å². The van der Waals surface area contributed by atoms with Crippen LogP contribution >= 0.6 is 0 Å². The Hall–Kier alpha value is -7.93. The molecular formula is C63H49InN4O. The van der Waals surface area contributed by atoms with E-state index in [1.54, 1.807) is 0 Å². The van der Waals surface area contributed by atoms with E-state index in [2.05, 4.69) is 283 Å². The SMILES string of the molecule is Cc1cc(C)c(N2c3cc(N(c4ccccc4)c4ccccc4)cc[c]3[In]3[c]4ccc(N(c5ccccc5)c5ccccc5)cc4Oc4cc(N(c5ccccc5)c5ccccc5)cc2[c]43)c(C)c1. The van der Waals surface area contributed by atoms with Crippen LogP contribution in [0.1, 0.15) is 16.7 Å². The minimum absolute atomic E-state index is 0.924. The second kappa shape index (κ2) is 17.9. The molecule has 330 valence electrons. The molecule has 0 saturated carbocycles. The summed E-state index contributed by atoms with van der Waals surface area (Å²) in [5.74, 6) is 1.85. The Kier molecular flexibility index (Phi) is 11.0. The zero-order chi connectivity index (χ0) is 46.4. The first-order valence-electron chi connectivity index (χ1n) is 23.7. The predicted molar refractivity (Wildman–Crippen MR) is 291 cm³/mol. The van der Waals surface area contributed by atoms with Gasteiger partial charge in [0.2, 0.25) is 0 Å². The van der Waals surface area contributed by atoms with Gasteiger partial charge < -0.3 is 0 Å². The summed E-state index contributed by atoms with van der Waals surface area (Å²) < 4.78 is 11.6. The van der Waals surface area contributed by atoms with Crippen LogP contribution in [0.2, 0.25) is 0 Å². The fourth-order valence-corrected chi connectivity index (χ4v) is 20.4. The number of benzene rings is 10. The van der Waals surface area contributed by atoms with E-state index < -0.39 is 21.4 Å². The van der Waals surface area contributed by atoms with Gasteiger partial charge in [0, 0.05) is 0 Å². The van der Waals surface area contributed by atoms with Crippen LogP contribution in [0.15, 0.2) is 243 Å². The summed E-state index contributed by atoms with van der Waals surface area (Å²) >= 11 is -3.37. The third-order valence-corrected chi connectivity index (χ3v) is 23.1. The normalized spacial score (nSPS) is 12.0. The fourth-order valence-electron chi connectivity index (χ4n) is 10.7. The number of anilines is 12. The maximum atomic E-state index is 7.47. The molecule has 5 nitrogen and oxygen atoms in total. The molecule has 0 fully saturated rings. The van der Waals surface area contributed by atoms with Crippen LogP contribution in [0.3, 0.4) is 0 Å². The van der Waals surface area contributed by atoms with Crippen molar-refractivity contribution in [2.24, 2.45) is 0 Å². The second-order valence-electron chi connectivity index (χ2n) is 18.0. The van der Waals surface area contributed by atoms with E-state index in [0.717, 1.165) is 62.7 Å². The van der Waals surface area contributed by atoms with Gasteiger partial charge in [0.1, 0.15) is 0 Å². The average Bonchev–Trinajstić information content (AvgIpc) is 3.39. The van der Waals surface area contributed by atoms with Crippen LogP contribution in [-0.2, 0) is 0 Å². The number of hydrogen-bond acceptors (Lipinski definition) is 5. The Bertz CT molecular complexity index is 3320. The summed E-state index contributed by atoms with van der Waals surface area (Å²) in [6.45, 7) is 6.74. The molecule has 6 heteroatoms. The van der Waals surface area contributed by atoms with Crippen LogP contribution in [0.5, 0.6) is 11.5 Å². The number of nitrogens with zero attached hydrogens (tertiary/aromatic N) is 4. The van der Waals surface area contributed by atoms with E-state index in [1.807, 2.05) is 0 Å². The second-order valence-corrected chi connectivity index (χ2v) is 25.6. The quantitative estimate of drug-likeness (QED) is 0.136. The van der Waals surface area contributed by atoms with Crippen LogP contribution < -0.4 is 34.3 Å². The topological polar surface area (TPSA) is 22.2 Å². The maximum absolute atomic E-state index is 7.47. The van der Waals surface area contributed by atoms with Crippen molar-refractivity contribution < 1.29 is 4.74 Å². The molecule has 0 unspecified atom stereocenters. The Morgan fingerprint density at radius 2 is 0.696 bits per heavy atom. The molecule has 0 atom stereocenters. The molecule has 2 aliphatic rings. The minimum atomic E-state index is -3.37. The molecule has 0 N–H and O–H groups in total. The molecule has 0 spiro atoms. The van der Waals surface area contributed by atoms with Crippen molar-refractivity contribution in [1.29, 1.82) is 0 Å². The molecule has 0 saturated heterocycles. The zero-order valence-corrected chi connectivity index (χ0v) is 42.2. The summed E-state index contributed by atoms with van der Waals surface area (Å²) in [6.07, 6.45) is 0. The van der Waals surface area contributed by atoms with Crippen LogP contribution in [-0.4, -0.2) is 21.4 Å². The number of para-hydroxylation sites is 6. The summed E-state index contributed by atoms with van der Waals surface area (Å²) in [7, 11) is 0. The van der Waals surface area contributed by atoms with Gasteiger partial charge in [0.15, 0.2) is 0 Å². The molecule has 69 heavy (non-hydrogen) atoms. The molecule has 2 heterocycles. The third kappa shape index (κ3) is 7.71. The fraction of sp³-hybridized carbons (Fsp3) is 0.0476. The molecule has 0 aromatic heterocycles. The summed E-state index contributed by atoms with van der Waals surface area (Å²) in [4.78, 5) is 9.67. The van der Waals surface area contributed by atoms with Gasteiger partial charge in [-0.05, 0) is 0 Å². The number of aryl methyl sites for hydroxylation is 3. The molecule has 2 aliphatic heterocycles. The number of ether oxygens (including phenoxy) is 1. The average molecular weight is 993 g/mol. The molecule has 0 bridgehead atoms. The number of rotatable bonds is 10. The Labute approximate surface area is 412 Å². The molecule has 10 aromatic carbocycles. The first-order valence-corrected chi connectivity index (χ1v) is 28.7. The van der Waals surface area contributed by atoms with Gasteiger partial charge >= 0.3 is 416 Å². The predicted octanol–water partition coefficient (Wildman–Crippen LogP) is 15.4. The molecule has 10 aromatic rings. The number of hydrogen-bond donors (Lipinski definition) is 0. The van der Waals surface area contributed by atoms with Gasteiger partial charge in [-0.3, -0.25) is 0 Å².